The maximum atomic E-state index is 12.1. The minimum Gasteiger partial charge on any atom is -0.497 e. The molecule has 24 heavy (non-hydrogen) atoms. The van der Waals surface area contributed by atoms with Crippen LogP contribution in [0.4, 0.5) is 0 Å². The molecule has 0 aliphatic heterocycles. The van der Waals surface area contributed by atoms with Crippen molar-refractivity contribution in [3.8, 4) is 17.2 Å². The highest BCUT2D eigenvalue weighted by molar-refractivity contribution is 5.78. The van der Waals surface area contributed by atoms with Crippen LogP contribution in [0.1, 0.15) is 11.1 Å². The number of rotatable bonds is 6. The normalized spacial score (nSPS) is 10.4. The first-order chi connectivity index (χ1) is 11.7. The number of aromatic nitrogens is 1. The summed E-state index contributed by atoms with van der Waals surface area (Å²) in [5.74, 6) is 1.43. The molecule has 0 fully saturated rings. The molecule has 0 saturated heterocycles. The van der Waals surface area contributed by atoms with Gasteiger partial charge in [-0.15, -0.1) is 0 Å². The monoisotopic (exact) mass is 322 g/mol. The maximum absolute atomic E-state index is 12.1. The fourth-order valence-electron chi connectivity index (χ4n) is 2.33. The fraction of sp³-hybridized carbons (Fsp3) is 0.158. The Morgan fingerprint density at radius 3 is 2.79 bits per heavy atom. The number of benzene rings is 1. The van der Waals surface area contributed by atoms with Gasteiger partial charge in [0.2, 0.25) is 5.91 Å². The Morgan fingerprint density at radius 2 is 2.08 bits per heavy atom. The molecule has 0 saturated carbocycles. The lowest BCUT2D eigenvalue weighted by Crippen LogP contribution is -2.24. The van der Waals surface area contributed by atoms with Gasteiger partial charge in [-0.25, -0.2) is 0 Å². The quantitative estimate of drug-likeness (QED) is 0.757. The van der Waals surface area contributed by atoms with E-state index in [1.165, 1.54) is 0 Å². The topological polar surface area (TPSA) is 64.4 Å². The number of amides is 1. The first-order valence-electron chi connectivity index (χ1n) is 7.63. The number of hydrogen-bond donors (Lipinski definition) is 1. The van der Waals surface area contributed by atoms with E-state index in [2.05, 4.69) is 10.3 Å². The van der Waals surface area contributed by atoms with E-state index in [1.54, 1.807) is 19.6 Å². The lowest BCUT2D eigenvalue weighted by Gasteiger charge is -2.07. The Labute approximate surface area is 140 Å². The summed E-state index contributed by atoms with van der Waals surface area (Å²) in [5.41, 5.74) is 2.62. The zero-order valence-corrected chi connectivity index (χ0v) is 13.4. The van der Waals surface area contributed by atoms with Crippen LogP contribution in [0.25, 0.3) is 11.5 Å². The third-order valence-electron chi connectivity index (χ3n) is 3.59. The molecule has 3 rings (SSSR count). The van der Waals surface area contributed by atoms with E-state index in [9.17, 15) is 4.79 Å². The van der Waals surface area contributed by atoms with Crippen molar-refractivity contribution >= 4 is 5.91 Å². The zero-order valence-electron chi connectivity index (χ0n) is 13.4. The molecule has 1 amide bonds. The SMILES string of the molecule is COc1cccc(CC(=O)NCc2ccc(-c3ccco3)nc2)c1. The van der Waals surface area contributed by atoms with Gasteiger partial charge in [0.15, 0.2) is 5.76 Å². The van der Waals surface area contributed by atoms with E-state index in [-0.39, 0.29) is 5.91 Å². The molecule has 3 aromatic rings. The minimum atomic E-state index is -0.0432. The molecule has 1 aromatic carbocycles. The number of nitrogens with zero attached hydrogens (tertiary/aromatic N) is 1. The van der Waals surface area contributed by atoms with Gasteiger partial charge in [0.05, 0.1) is 19.8 Å². The second kappa shape index (κ2) is 7.46. The van der Waals surface area contributed by atoms with Gasteiger partial charge in [0, 0.05) is 12.7 Å². The van der Waals surface area contributed by atoms with Gasteiger partial charge in [-0.3, -0.25) is 9.78 Å². The molecular weight excluding hydrogens is 304 g/mol. The van der Waals surface area contributed by atoms with Crippen LogP contribution in [0.3, 0.4) is 0 Å². The number of pyridine rings is 1. The Kier molecular flexibility index (Phi) is 4.91. The predicted octanol–water partition coefficient (Wildman–Crippen LogP) is 3.21. The minimum absolute atomic E-state index is 0.0432. The van der Waals surface area contributed by atoms with E-state index >= 15 is 0 Å². The highest BCUT2D eigenvalue weighted by Crippen LogP contribution is 2.17. The van der Waals surface area contributed by atoms with Gasteiger partial charge < -0.3 is 14.5 Å². The second-order valence-electron chi connectivity index (χ2n) is 5.33. The van der Waals surface area contributed by atoms with Crippen molar-refractivity contribution in [2.75, 3.05) is 7.11 Å². The first-order valence-corrected chi connectivity index (χ1v) is 7.63. The molecule has 0 aliphatic carbocycles. The molecule has 2 aromatic heterocycles. The number of nitrogens with one attached hydrogen (secondary N) is 1. The van der Waals surface area contributed by atoms with E-state index in [4.69, 9.17) is 9.15 Å². The van der Waals surface area contributed by atoms with Gasteiger partial charge in [-0.05, 0) is 41.5 Å². The Morgan fingerprint density at radius 1 is 1.17 bits per heavy atom. The number of carbonyl (C=O) groups excluding carboxylic acids is 1. The third-order valence-corrected chi connectivity index (χ3v) is 3.59. The Bertz CT molecular complexity index is 796. The molecule has 0 aliphatic rings. The molecule has 0 spiro atoms. The molecule has 0 bridgehead atoms. The van der Waals surface area contributed by atoms with E-state index in [1.807, 2.05) is 48.5 Å². The zero-order chi connectivity index (χ0) is 16.8. The maximum Gasteiger partial charge on any atom is 0.224 e. The standard InChI is InChI=1S/C19H18N2O3/c1-23-16-5-2-4-14(10-16)11-19(22)21-13-15-7-8-17(20-12-15)18-6-3-9-24-18/h2-10,12H,11,13H2,1H3,(H,21,22). The van der Waals surface area contributed by atoms with Crippen molar-refractivity contribution in [2.24, 2.45) is 0 Å². The van der Waals surface area contributed by atoms with Crippen molar-refractivity contribution in [3.05, 3.63) is 72.1 Å². The van der Waals surface area contributed by atoms with E-state index in [0.717, 1.165) is 28.3 Å². The fourth-order valence-corrected chi connectivity index (χ4v) is 2.33. The summed E-state index contributed by atoms with van der Waals surface area (Å²) in [5, 5.41) is 2.90. The molecule has 0 atom stereocenters. The largest absolute Gasteiger partial charge is 0.497 e. The Hall–Kier alpha value is -3.08. The van der Waals surface area contributed by atoms with Crippen molar-refractivity contribution < 1.29 is 13.9 Å². The number of hydrogen-bond acceptors (Lipinski definition) is 4. The van der Waals surface area contributed by atoms with Crippen LogP contribution in [-0.4, -0.2) is 18.0 Å². The average molecular weight is 322 g/mol. The molecule has 0 unspecified atom stereocenters. The van der Waals surface area contributed by atoms with Gasteiger partial charge >= 0.3 is 0 Å². The van der Waals surface area contributed by atoms with E-state index < -0.39 is 0 Å². The molecule has 2 heterocycles. The Balaban J connectivity index is 1.54. The molecular formula is C19H18N2O3. The lowest BCUT2D eigenvalue weighted by molar-refractivity contribution is -0.120. The van der Waals surface area contributed by atoms with Crippen LogP contribution < -0.4 is 10.1 Å². The summed E-state index contributed by atoms with van der Waals surface area (Å²) < 4.78 is 10.5. The summed E-state index contributed by atoms with van der Waals surface area (Å²) in [6.07, 6.45) is 3.67. The molecule has 0 radical (unpaired) electrons. The van der Waals surface area contributed by atoms with Crippen LogP contribution in [0.5, 0.6) is 5.75 Å². The van der Waals surface area contributed by atoms with Crippen LogP contribution in [0.15, 0.2) is 65.4 Å². The highest BCUT2D eigenvalue weighted by atomic mass is 16.5. The van der Waals surface area contributed by atoms with Crippen molar-refractivity contribution in [3.63, 3.8) is 0 Å². The van der Waals surface area contributed by atoms with Crippen LogP contribution in [0.2, 0.25) is 0 Å². The van der Waals surface area contributed by atoms with Crippen LogP contribution >= 0.6 is 0 Å². The van der Waals surface area contributed by atoms with Crippen LogP contribution in [-0.2, 0) is 17.8 Å². The molecule has 122 valence electrons. The molecule has 5 heteroatoms. The van der Waals surface area contributed by atoms with Crippen LogP contribution in [0, 0.1) is 0 Å². The first kappa shape index (κ1) is 15.8. The highest BCUT2D eigenvalue weighted by Gasteiger charge is 2.06. The molecule has 1 N–H and O–H groups in total. The van der Waals surface area contributed by atoms with Gasteiger partial charge in [-0.2, -0.15) is 0 Å². The average Bonchev–Trinajstić information content (AvgIpc) is 3.15. The lowest BCUT2D eigenvalue weighted by atomic mass is 10.1. The second-order valence-corrected chi connectivity index (χ2v) is 5.33. The number of carbonyl (C=O) groups is 1. The smallest absolute Gasteiger partial charge is 0.224 e. The molecule has 5 nitrogen and oxygen atoms in total. The number of ether oxygens (including phenoxy) is 1. The third kappa shape index (κ3) is 4.01. The van der Waals surface area contributed by atoms with Gasteiger partial charge in [0.1, 0.15) is 11.4 Å². The van der Waals surface area contributed by atoms with Crippen molar-refractivity contribution in [1.29, 1.82) is 0 Å². The van der Waals surface area contributed by atoms with Gasteiger partial charge in [0.25, 0.3) is 0 Å². The summed E-state index contributed by atoms with van der Waals surface area (Å²) in [7, 11) is 1.61. The van der Waals surface area contributed by atoms with Crippen molar-refractivity contribution in [1.82, 2.24) is 10.3 Å². The van der Waals surface area contributed by atoms with Crippen molar-refractivity contribution in [2.45, 2.75) is 13.0 Å². The number of furan rings is 1. The summed E-state index contributed by atoms with van der Waals surface area (Å²) in [4.78, 5) is 16.4. The van der Waals surface area contributed by atoms with Gasteiger partial charge in [-0.1, -0.05) is 18.2 Å². The summed E-state index contributed by atoms with van der Waals surface area (Å²) in [6, 6.07) is 15.0. The summed E-state index contributed by atoms with van der Waals surface area (Å²) >= 11 is 0. The number of methoxy groups -OCH3 is 1. The predicted molar refractivity (Wildman–Crippen MR) is 90.5 cm³/mol. The summed E-state index contributed by atoms with van der Waals surface area (Å²) in [6.45, 7) is 0.439. The van der Waals surface area contributed by atoms with E-state index in [0.29, 0.717) is 13.0 Å².